The van der Waals surface area contributed by atoms with Crippen molar-refractivity contribution in [3.05, 3.63) is 96.7 Å². The quantitative estimate of drug-likeness (QED) is 0.0281. The topological polar surface area (TPSA) is 258 Å². The summed E-state index contributed by atoms with van der Waals surface area (Å²) in [5.74, 6) is 4.93. The van der Waals surface area contributed by atoms with Crippen LogP contribution in [0.1, 0.15) is 127 Å². The van der Waals surface area contributed by atoms with Gasteiger partial charge in [-0.1, -0.05) is 32.6 Å². The summed E-state index contributed by atoms with van der Waals surface area (Å²) in [6.07, 6.45) is 7.25. The Bertz CT molecular complexity index is 3340. The summed E-state index contributed by atoms with van der Waals surface area (Å²) in [5, 5.41) is 0.554. The summed E-state index contributed by atoms with van der Waals surface area (Å²) in [7, 11) is 4.84. The van der Waals surface area contributed by atoms with Crippen LogP contribution in [0.3, 0.4) is 0 Å². The van der Waals surface area contributed by atoms with Crippen LogP contribution in [0.25, 0.3) is 11.6 Å². The number of nitrogens with zero attached hydrogens (tertiary/aromatic N) is 3. The first-order chi connectivity index (χ1) is 46.2. The first-order valence-electron chi connectivity index (χ1n) is 33.1. The van der Waals surface area contributed by atoms with Crippen LogP contribution in [0.4, 0.5) is 0 Å². The third-order valence-electron chi connectivity index (χ3n) is 17.1. The fourth-order valence-corrected chi connectivity index (χ4v) is 12.1. The number of benzene rings is 1. The van der Waals surface area contributed by atoms with Crippen LogP contribution in [0.5, 0.6) is 17.2 Å². The van der Waals surface area contributed by atoms with Crippen molar-refractivity contribution in [1.82, 2.24) is 10.0 Å². The van der Waals surface area contributed by atoms with E-state index in [4.69, 9.17) is 76.4 Å². The number of esters is 1. The number of aromatic nitrogens is 1. The maximum Gasteiger partial charge on any atom is 0.333 e. The Labute approximate surface area is 557 Å². The van der Waals surface area contributed by atoms with Gasteiger partial charge in [0.25, 0.3) is 11.8 Å². The number of carbonyl (C=O) groups excluding carboxylic acids is 5. The Morgan fingerprint density at radius 1 is 0.653 bits per heavy atom. The predicted octanol–water partition coefficient (Wildman–Crippen LogP) is 9.23. The SMILES string of the molecule is CCC1=C(C)/C2=C/c3[nH]c(c(C)c3CC)/C(C#CCCCC(=O)ON3C(=O)CCC3=O)=C3\N=C(C4=C5C/C(=C\C1=N2)C(C)=C5C(=O)C4)[C@@H](CCC(=O)OCc1cc(OCCOCCOCCOC)c(OCCOCCOCCOC)c(OCCOCCOCCOC)c1)[C@@H]3C. The van der Waals surface area contributed by atoms with Gasteiger partial charge in [-0.3, -0.25) is 24.2 Å². The summed E-state index contributed by atoms with van der Waals surface area (Å²) < 4.78 is 74.6. The lowest BCUT2D eigenvalue weighted by Gasteiger charge is -2.20. The number of nitrogens with one attached hydrogen (secondary N) is 1. The number of ether oxygens (including phenoxy) is 13. The zero-order chi connectivity index (χ0) is 67.6. The van der Waals surface area contributed by atoms with E-state index in [2.05, 4.69) is 63.6 Å². The molecule has 23 heteroatoms. The van der Waals surface area contributed by atoms with E-state index in [-0.39, 0.29) is 102 Å². The van der Waals surface area contributed by atoms with Gasteiger partial charge in [0.1, 0.15) is 26.4 Å². The number of H-pyrrole nitrogens is 1. The first kappa shape index (κ1) is 73.4. The van der Waals surface area contributed by atoms with Crippen LogP contribution < -0.4 is 14.2 Å². The molecule has 8 bridgehead atoms. The fraction of sp³-hybridized carbons (Fsp3) is 0.569. The van der Waals surface area contributed by atoms with E-state index < -0.39 is 23.8 Å². The van der Waals surface area contributed by atoms with Gasteiger partial charge in [-0.05, 0) is 127 Å². The van der Waals surface area contributed by atoms with Gasteiger partial charge in [0.2, 0.25) is 5.75 Å². The van der Waals surface area contributed by atoms with Gasteiger partial charge in [-0.2, -0.15) is 0 Å². The third-order valence-corrected chi connectivity index (χ3v) is 17.1. The molecular formula is C72H94N4O19. The van der Waals surface area contributed by atoms with E-state index in [9.17, 15) is 24.0 Å². The second kappa shape index (κ2) is 37.8. The van der Waals surface area contributed by atoms with Crippen LogP contribution in [-0.4, -0.2) is 191 Å². The maximum absolute atomic E-state index is 14.4. The van der Waals surface area contributed by atoms with Gasteiger partial charge in [0.05, 0.1) is 127 Å². The molecule has 0 saturated carbocycles. The number of amides is 2. The number of Topliss-reactive ketones (excluding diaryl/α,β-unsaturated/α-hetero) is 1. The smallest absolute Gasteiger partial charge is 0.333 e. The zero-order valence-corrected chi connectivity index (χ0v) is 56.8. The standard InChI is InChI=1S/C72H94N4O19/c1-10-52-47(4)58-44-60-53(11-2)48(5)69(74-60)55(15-13-12-14-16-67(81)95-76-64(78)18-19-65(76)79)70-49(6)54(71(75-70)57-43-61(77)68-46(3)51(41-56(57)68)42-59(52)73-58)17-20-66(80)94-45-50-39-62(91-36-33-88-30-27-85-24-21-82-7)72(93-38-35-90-32-29-87-26-23-84-9)63(40-50)92-37-34-89-31-28-86-25-22-83-8/h39-40,42,44,49,54,74H,10-12,14,16-38,41,43,45H2,1-9H3/b51-42+,58-44-,59-42?,60-44?,69-55?,70-55-,71-57?/t49-,54-/m0/s1. The monoisotopic (exact) mass is 1320 g/mol. The molecule has 0 spiro atoms. The van der Waals surface area contributed by atoms with E-state index in [0.29, 0.717) is 150 Å². The van der Waals surface area contributed by atoms with Gasteiger partial charge in [-0.25, -0.2) is 9.79 Å². The third kappa shape index (κ3) is 19.9. The Balaban J connectivity index is 1.08. The number of rotatable bonds is 41. The van der Waals surface area contributed by atoms with Crippen molar-refractivity contribution in [3.8, 4) is 29.1 Å². The van der Waals surface area contributed by atoms with Crippen LogP contribution in [0.2, 0.25) is 0 Å². The Morgan fingerprint density at radius 2 is 1.22 bits per heavy atom. The van der Waals surface area contributed by atoms with E-state index in [1.807, 2.05) is 6.92 Å². The number of hydrogen-bond donors (Lipinski definition) is 1. The molecule has 0 radical (unpaired) electrons. The Kier molecular flexibility index (Phi) is 29.2. The lowest BCUT2D eigenvalue weighted by Crippen LogP contribution is -2.31. The molecule has 0 unspecified atom stereocenters. The molecule has 2 amide bonds. The molecular weight excluding hydrogens is 1220 g/mol. The van der Waals surface area contributed by atoms with Crippen LogP contribution in [-0.2, 0) is 89.2 Å². The number of hydrogen-bond acceptors (Lipinski definition) is 21. The van der Waals surface area contributed by atoms with Crippen molar-refractivity contribution >= 4 is 52.6 Å². The normalized spacial score (nSPS) is 19.3. The Hall–Kier alpha value is -7.37. The highest BCUT2D eigenvalue weighted by molar-refractivity contribution is 6.20. The highest BCUT2D eigenvalue weighted by atomic mass is 16.7. The highest BCUT2D eigenvalue weighted by Gasteiger charge is 2.43. The van der Waals surface area contributed by atoms with Crippen LogP contribution in [0.15, 0.2) is 78.6 Å². The average Bonchev–Trinajstić information content (AvgIpc) is 1.58. The summed E-state index contributed by atoms with van der Waals surface area (Å²) in [6, 6.07) is 3.51. The Morgan fingerprint density at radius 3 is 1.79 bits per heavy atom. The predicted molar refractivity (Wildman–Crippen MR) is 354 cm³/mol. The van der Waals surface area contributed by atoms with Gasteiger partial charge in [-0.15, -0.1) is 5.06 Å². The lowest BCUT2D eigenvalue weighted by molar-refractivity contribution is -0.197. The average molecular weight is 1320 g/mol. The summed E-state index contributed by atoms with van der Waals surface area (Å²) >= 11 is 0. The molecule has 8 rings (SSSR count). The first-order valence-corrected chi connectivity index (χ1v) is 33.1. The van der Waals surface area contributed by atoms with Crippen molar-refractivity contribution in [2.75, 3.05) is 140 Å². The number of allylic oxidation sites excluding steroid dienone is 10. The van der Waals surface area contributed by atoms with E-state index >= 15 is 0 Å². The highest BCUT2D eigenvalue weighted by Crippen LogP contribution is 2.50. The number of fused-ring (bicyclic) bond motifs is 6. The van der Waals surface area contributed by atoms with Gasteiger partial charge in [0, 0.05) is 88.7 Å². The minimum Gasteiger partial charge on any atom is -0.487 e. The van der Waals surface area contributed by atoms with E-state index in [1.165, 1.54) is 0 Å². The summed E-state index contributed by atoms with van der Waals surface area (Å²) in [5.41, 5.74) is 14.9. The minimum absolute atomic E-state index is 0.00159. The van der Waals surface area contributed by atoms with Crippen molar-refractivity contribution in [3.63, 3.8) is 0 Å². The van der Waals surface area contributed by atoms with Crippen LogP contribution in [0, 0.1) is 30.6 Å². The summed E-state index contributed by atoms with van der Waals surface area (Å²) in [4.78, 5) is 85.8. The number of imide groups is 1. The van der Waals surface area contributed by atoms with Gasteiger partial charge < -0.3 is 71.4 Å². The number of unbranched alkanes of at least 4 members (excludes halogenated alkanes) is 1. The van der Waals surface area contributed by atoms with Crippen LogP contribution >= 0.6 is 0 Å². The molecule has 1 aromatic carbocycles. The molecule has 1 fully saturated rings. The van der Waals surface area contributed by atoms with Crippen molar-refractivity contribution in [2.45, 2.75) is 119 Å². The lowest BCUT2D eigenvalue weighted by atomic mass is 9.82. The largest absolute Gasteiger partial charge is 0.487 e. The number of aliphatic imine (C=N–C) groups is 2. The second-order valence-electron chi connectivity index (χ2n) is 23.4. The minimum atomic E-state index is -0.702. The van der Waals surface area contributed by atoms with E-state index in [0.717, 1.165) is 79.5 Å². The van der Waals surface area contributed by atoms with Crippen molar-refractivity contribution in [1.29, 1.82) is 0 Å². The molecule has 4 aliphatic heterocycles. The molecule has 5 heterocycles. The molecule has 516 valence electrons. The number of carbonyl (C=O) groups is 5. The fourth-order valence-electron chi connectivity index (χ4n) is 12.1. The second-order valence-corrected chi connectivity index (χ2v) is 23.4. The molecule has 2 atom stereocenters. The van der Waals surface area contributed by atoms with Crippen molar-refractivity contribution in [2.24, 2.45) is 21.8 Å². The molecule has 1 N–H and O–H groups in total. The van der Waals surface area contributed by atoms with Gasteiger partial charge in [0.15, 0.2) is 17.3 Å². The summed E-state index contributed by atoms with van der Waals surface area (Å²) in [6.45, 7) is 18.5. The van der Waals surface area contributed by atoms with E-state index in [1.54, 1.807) is 33.5 Å². The molecule has 1 aromatic heterocycles. The molecule has 2 aliphatic carbocycles. The molecule has 1 saturated heterocycles. The number of methoxy groups -OCH3 is 3. The zero-order valence-electron chi connectivity index (χ0n) is 56.8. The number of ketones is 1. The molecule has 23 nitrogen and oxygen atoms in total. The van der Waals surface area contributed by atoms with Crippen molar-refractivity contribution < 1.29 is 90.4 Å². The number of hydroxylamine groups is 2. The molecule has 95 heavy (non-hydrogen) atoms. The van der Waals surface area contributed by atoms with Gasteiger partial charge >= 0.3 is 11.9 Å². The molecule has 2 aromatic rings. The molecule has 6 aliphatic rings. The maximum atomic E-state index is 14.4. The number of aromatic amines is 1.